The van der Waals surface area contributed by atoms with Crippen LogP contribution in [-0.2, 0) is 19.4 Å². The number of aldehydes is 1. The summed E-state index contributed by atoms with van der Waals surface area (Å²) in [4.78, 5) is 10.7. The first kappa shape index (κ1) is 13.4. The second kappa shape index (κ2) is 5.80. The number of carbonyl (C=O) groups is 1. The zero-order chi connectivity index (χ0) is 13.9. The van der Waals surface area contributed by atoms with Gasteiger partial charge in [0.25, 0.3) is 0 Å². The molecule has 2 aromatic carbocycles. The standard InChI is InChI=1S/C17H15BrO2/c18-16-9-12(10-19)5-7-17(16)20-11-13-4-6-14-2-1-3-15(14)8-13/h4-10H,1-3,11H2. The molecule has 0 aliphatic heterocycles. The number of fused-ring (bicyclic) bond motifs is 1. The van der Waals surface area contributed by atoms with E-state index in [1.807, 2.05) is 6.07 Å². The van der Waals surface area contributed by atoms with Crippen LogP contribution < -0.4 is 4.74 Å². The lowest BCUT2D eigenvalue weighted by molar-refractivity contribution is 0.112. The van der Waals surface area contributed by atoms with E-state index < -0.39 is 0 Å². The molecule has 0 fully saturated rings. The van der Waals surface area contributed by atoms with E-state index in [4.69, 9.17) is 4.74 Å². The fourth-order valence-electron chi connectivity index (χ4n) is 2.58. The van der Waals surface area contributed by atoms with Crippen molar-refractivity contribution >= 4 is 22.2 Å². The normalized spacial score (nSPS) is 13.1. The number of hydrogen-bond acceptors (Lipinski definition) is 2. The lowest BCUT2D eigenvalue weighted by Crippen LogP contribution is -1.98. The number of hydrogen-bond donors (Lipinski definition) is 0. The van der Waals surface area contributed by atoms with Crippen LogP contribution in [0.15, 0.2) is 40.9 Å². The zero-order valence-electron chi connectivity index (χ0n) is 11.1. The van der Waals surface area contributed by atoms with Crippen molar-refractivity contribution in [3.05, 3.63) is 63.1 Å². The van der Waals surface area contributed by atoms with Gasteiger partial charge in [-0.3, -0.25) is 4.79 Å². The van der Waals surface area contributed by atoms with Crippen LogP contribution in [0.3, 0.4) is 0 Å². The maximum absolute atomic E-state index is 10.7. The Bertz CT molecular complexity index is 649. The number of carbonyl (C=O) groups excluding carboxylic acids is 1. The van der Waals surface area contributed by atoms with E-state index >= 15 is 0 Å². The minimum atomic E-state index is 0.548. The lowest BCUT2D eigenvalue weighted by atomic mass is 10.1. The fourth-order valence-corrected chi connectivity index (χ4v) is 3.09. The van der Waals surface area contributed by atoms with Gasteiger partial charge in [0.2, 0.25) is 0 Å². The molecule has 3 heteroatoms. The molecule has 0 heterocycles. The van der Waals surface area contributed by atoms with Gasteiger partial charge in [-0.2, -0.15) is 0 Å². The molecule has 2 aromatic rings. The summed E-state index contributed by atoms with van der Waals surface area (Å²) in [5.41, 5.74) is 4.77. The second-order valence-electron chi connectivity index (χ2n) is 5.05. The molecular formula is C17H15BrO2. The Morgan fingerprint density at radius 2 is 1.95 bits per heavy atom. The van der Waals surface area contributed by atoms with Gasteiger partial charge in [-0.1, -0.05) is 18.2 Å². The largest absolute Gasteiger partial charge is 0.488 e. The third-order valence-corrected chi connectivity index (χ3v) is 4.27. The van der Waals surface area contributed by atoms with Crippen molar-refractivity contribution in [2.45, 2.75) is 25.9 Å². The van der Waals surface area contributed by atoms with Crippen molar-refractivity contribution in [1.82, 2.24) is 0 Å². The summed E-state index contributed by atoms with van der Waals surface area (Å²) in [5, 5.41) is 0. The zero-order valence-corrected chi connectivity index (χ0v) is 12.7. The number of halogens is 1. The Morgan fingerprint density at radius 1 is 1.10 bits per heavy atom. The summed E-state index contributed by atoms with van der Waals surface area (Å²) in [6, 6.07) is 11.9. The minimum Gasteiger partial charge on any atom is -0.488 e. The number of benzene rings is 2. The van der Waals surface area contributed by atoms with Crippen LogP contribution in [0.4, 0.5) is 0 Å². The van der Waals surface area contributed by atoms with E-state index in [-0.39, 0.29) is 0 Å². The SMILES string of the molecule is O=Cc1ccc(OCc2ccc3c(c2)CCC3)c(Br)c1. The second-order valence-corrected chi connectivity index (χ2v) is 5.91. The van der Waals surface area contributed by atoms with Crippen LogP contribution in [0.1, 0.15) is 33.5 Å². The van der Waals surface area contributed by atoms with Crippen molar-refractivity contribution in [2.24, 2.45) is 0 Å². The first-order valence-electron chi connectivity index (χ1n) is 6.74. The van der Waals surface area contributed by atoms with E-state index in [1.54, 1.807) is 12.1 Å². The van der Waals surface area contributed by atoms with E-state index in [0.29, 0.717) is 12.2 Å². The average Bonchev–Trinajstić information content (AvgIpc) is 2.93. The maximum Gasteiger partial charge on any atom is 0.150 e. The quantitative estimate of drug-likeness (QED) is 0.780. The molecular weight excluding hydrogens is 316 g/mol. The molecule has 0 aromatic heterocycles. The minimum absolute atomic E-state index is 0.548. The molecule has 2 nitrogen and oxygen atoms in total. The van der Waals surface area contributed by atoms with E-state index in [2.05, 4.69) is 34.1 Å². The molecule has 1 aliphatic rings. The van der Waals surface area contributed by atoms with Gasteiger partial charge in [-0.05, 0) is 70.1 Å². The van der Waals surface area contributed by atoms with Crippen LogP contribution in [0.2, 0.25) is 0 Å². The molecule has 20 heavy (non-hydrogen) atoms. The number of rotatable bonds is 4. The van der Waals surface area contributed by atoms with E-state index in [0.717, 1.165) is 16.5 Å². The van der Waals surface area contributed by atoms with Gasteiger partial charge in [-0.15, -0.1) is 0 Å². The predicted molar refractivity (Wildman–Crippen MR) is 82.3 cm³/mol. The molecule has 0 spiro atoms. The summed E-state index contributed by atoms with van der Waals surface area (Å²) in [6.07, 6.45) is 4.48. The molecule has 0 atom stereocenters. The molecule has 1 aliphatic carbocycles. The van der Waals surface area contributed by atoms with Crippen LogP contribution in [-0.4, -0.2) is 6.29 Å². The molecule has 0 radical (unpaired) electrons. The third-order valence-electron chi connectivity index (χ3n) is 3.65. The molecule has 0 N–H and O–H groups in total. The molecule has 0 unspecified atom stereocenters. The highest BCUT2D eigenvalue weighted by atomic mass is 79.9. The Morgan fingerprint density at radius 3 is 2.75 bits per heavy atom. The van der Waals surface area contributed by atoms with Crippen molar-refractivity contribution in [3.63, 3.8) is 0 Å². The Kier molecular flexibility index (Phi) is 3.88. The van der Waals surface area contributed by atoms with Gasteiger partial charge in [-0.25, -0.2) is 0 Å². The monoisotopic (exact) mass is 330 g/mol. The van der Waals surface area contributed by atoms with E-state index in [1.165, 1.54) is 36.0 Å². The summed E-state index contributed by atoms with van der Waals surface area (Å²) >= 11 is 3.43. The molecule has 0 saturated carbocycles. The topological polar surface area (TPSA) is 26.3 Å². The Hall–Kier alpha value is -1.61. The van der Waals surface area contributed by atoms with Crippen LogP contribution in [0.25, 0.3) is 0 Å². The van der Waals surface area contributed by atoms with Crippen molar-refractivity contribution in [2.75, 3.05) is 0 Å². The summed E-state index contributed by atoms with van der Waals surface area (Å²) in [6.45, 7) is 0.548. The van der Waals surface area contributed by atoms with Crippen molar-refractivity contribution in [3.8, 4) is 5.75 Å². The predicted octanol–water partition coefficient (Wildman–Crippen LogP) is 4.33. The first-order chi connectivity index (χ1) is 9.76. The summed E-state index contributed by atoms with van der Waals surface area (Å²) in [5.74, 6) is 0.760. The molecule has 0 amide bonds. The van der Waals surface area contributed by atoms with Crippen molar-refractivity contribution in [1.29, 1.82) is 0 Å². The number of aryl methyl sites for hydroxylation is 2. The fraction of sp³-hybridized carbons (Fsp3) is 0.235. The van der Waals surface area contributed by atoms with Gasteiger partial charge in [0.1, 0.15) is 18.6 Å². The maximum atomic E-state index is 10.7. The summed E-state index contributed by atoms with van der Waals surface area (Å²) < 4.78 is 6.63. The van der Waals surface area contributed by atoms with Gasteiger partial charge in [0.05, 0.1) is 4.47 Å². The van der Waals surface area contributed by atoms with Gasteiger partial charge < -0.3 is 4.74 Å². The van der Waals surface area contributed by atoms with Crippen LogP contribution >= 0.6 is 15.9 Å². The van der Waals surface area contributed by atoms with Crippen LogP contribution in [0.5, 0.6) is 5.75 Å². The molecule has 0 saturated heterocycles. The highest BCUT2D eigenvalue weighted by Gasteiger charge is 2.11. The van der Waals surface area contributed by atoms with Gasteiger partial charge in [0.15, 0.2) is 0 Å². The highest BCUT2D eigenvalue weighted by molar-refractivity contribution is 9.10. The summed E-state index contributed by atoms with van der Waals surface area (Å²) in [7, 11) is 0. The first-order valence-corrected chi connectivity index (χ1v) is 7.54. The Labute approximate surface area is 126 Å². The smallest absolute Gasteiger partial charge is 0.150 e. The molecule has 3 rings (SSSR count). The molecule has 102 valence electrons. The van der Waals surface area contributed by atoms with Crippen LogP contribution in [0, 0.1) is 0 Å². The van der Waals surface area contributed by atoms with Gasteiger partial charge in [0, 0.05) is 5.56 Å². The molecule has 0 bridgehead atoms. The lowest BCUT2D eigenvalue weighted by Gasteiger charge is -2.10. The van der Waals surface area contributed by atoms with Gasteiger partial charge >= 0.3 is 0 Å². The third kappa shape index (κ3) is 2.78. The number of ether oxygens (including phenoxy) is 1. The van der Waals surface area contributed by atoms with E-state index in [9.17, 15) is 4.79 Å². The Balaban J connectivity index is 1.72. The highest BCUT2D eigenvalue weighted by Crippen LogP contribution is 2.27. The van der Waals surface area contributed by atoms with Crippen molar-refractivity contribution < 1.29 is 9.53 Å². The average molecular weight is 331 g/mol.